The van der Waals surface area contributed by atoms with Crippen LogP contribution in [0.4, 0.5) is 0 Å². The van der Waals surface area contributed by atoms with E-state index in [1.807, 2.05) is 0 Å². The second kappa shape index (κ2) is 9.53. The van der Waals surface area contributed by atoms with Gasteiger partial charge in [0.25, 0.3) is 0 Å². The monoisotopic (exact) mass is 265 g/mol. The molecule has 0 bridgehead atoms. The fourth-order valence-electron chi connectivity index (χ4n) is 0.753. The first-order valence-corrected chi connectivity index (χ1v) is 3.82. The molecule has 10 heteroatoms. The van der Waals surface area contributed by atoms with E-state index in [9.17, 15) is 9.70 Å². The number of nitrogens with zero attached hydrogens (tertiary/aromatic N) is 1. The Kier molecular flexibility index (Phi) is 11.2. The molecule has 0 aliphatic rings. The van der Waals surface area contributed by atoms with Crippen molar-refractivity contribution in [2.45, 2.75) is 24.4 Å². The first kappa shape index (κ1) is 18.9. The average molecular weight is 265 g/mol. The standard InChI is InChI=1S/C6H11NO8.K.H/c8-1-2(9)3(10)4(11)5(12)6(13)15-7-14;;/h2-5,8-12H,1H2;;/t2-,3-,4+,5-;;/m1../s1. The van der Waals surface area contributed by atoms with E-state index in [0.29, 0.717) is 0 Å². The van der Waals surface area contributed by atoms with Crippen molar-refractivity contribution in [3.8, 4) is 0 Å². The SMILES string of the molecule is O=NOC(=O)[C@H](O)[C@@H](O)[C@H](O)[C@H](O)CO.[KH]. The van der Waals surface area contributed by atoms with Crippen molar-refractivity contribution in [1.82, 2.24) is 0 Å². The van der Waals surface area contributed by atoms with E-state index in [2.05, 4.69) is 4.84 Å². The van der Waals surface area contributed by atoms with Crippen LogP contribution in [-0.4, -0.2) is 114 Å². The van der Waals surface area contributed by atoms with Gasteiger partial charge < -0.3 is 25.5 Å². The third-order valence-electron chi connectivity index (χ3n) is 1.62. The summed E-state index contributed by atoms with van der Waals surface area (Å²) in [4.78, 5) is 23.5. The normalized spacial score (nSPS) is 17.6. The van der Waals surface area contributed by atoms with Crippen molar-refractivity contribution < 1.29 is 35.2 Å². The van der Waals surface area contributed by atoms with Crippen LogP contribution < -0.4 is 0 Å². The molecule has 0 saturated heterocycles. The molecule has 0 saturated carbocycles. The van der Waals surface area contributed by atoms with Gasteiger partial charge in [0.15, 0.2) is 11.4 Å². The van der Waals surface area contributed by atoms with Crippen molar-refractivity contribution in [2.75, 3.05) is 6.61 Å². The molecule has 0 aromatic rings. The second-order valence-electron chi connectivity index (χ2n) is 2.66. The van der Waals surface area contributed by atoms with Gasteiger partial charge in [-0.05, 0) is 0 Å². The van der Waals surface area contributed by atoms with Gasteiger partial charge in [-0.3, -0.25) is 4.84 Å². The summed E-state index contributed by atoms with van der Waals surface area (Å²) in [5, 5.41) is 46.0. The Bertz CT molecular complexity index is 227. The maximum absolute atomic E-state index is 10.6. The fraction of sp³-hybridized carbons (Fsp3) is 0.833. The molecule has 0 fully saturated rings. The molecule has 0 heterocycles. The van der Waals surface area contributed by atoms with Gasteiger partial charge in [0.05, 0.1) is 6.61 Å². The van der Waals surface area contributed by atoms with Crippen molar-refractivity contribution in [3.63, 3.8) is 0 Å². The zero-order chi connectivity index (χ0) is 12.0. The molecule has 0 aliphatic carbocycles. The van der Waals surface area contributed by atoms with Crippen LogP contribution in [0, 0.1) is 4.91 Å². The van der Waals surface area contributed by atoms with Crippen LogP contribution in [0.15, 0.2) is 5.34 Å². The van der Waals surface area contributed by atoms with E-state index in [1.54, 1.807) is 5.34 Å². The van der Waals surface area contributed by atoms with E-state index >= 15 is 0 Å². The van der Waals surface area contributed by atoms with Crippen molar-refractivity contribution >= 4 is 57.4 Å². The first-order chi connectivity index (χ1) is 6.95. The van der Waals surface area contributed by atoms with Crippen molar-refractivity contribution in [1.29, 1.82) is 0 Å². The summed E-state index contributed by atoms with van der Waals surface area (Å²) in [5.41, 5.74) is 0. The van der Waals surface area contributed by atoms with Gasteiger partial charge in [0.2, 0.25) is 0 Å². The summed E-state index contributed by atoms with van der Waals surface area (Å²) in [6.07, 6.45) is -8.07. The molecule has 4 atom stereocenters. The Balaban J connectivity index is 0. The van der Waals surface area contributed by atoms with Crippen LogP contribution in [0.5, 0.6) is 0 Å². The molecule has 0 aromatic carbocycles. The quantitative estimate of drug-likeness (QED) is 0.185. The molecule has 5 N–H and O–H groups in total. The van der Waals surface area contributed by atoms with Crippen LogP contribution >= 0.6 is 0 Å². The van der Waals surface area contributed by atoms with E-state index in [-0.39, 0.29) is 51.4 Å². The number of aliphatic hydroxyl groups excluding tert-OH is 5. The molecule has 16 heavy (non-hydrogen) atoms. The van der Waals surface area contributed by atoms with Crippen molar-refractivity contribution in [2.24, 2.45) is 5.34 Å². The van der Waals surface area contributed by atoms with Gasteiger partial charge in [0.1, 0.15) is 18.3 Å². The van der Waals surface area contributed by atoms with E-state index in [1.165, 1.54) is 0 Å². The summed E-state index contributed by atoms with van der Waals surface area (Å²) >= 11 is 0. The molecule has 0 aromatic heterocycles. The molecule has 0 spiro atoms. The third-order valence-corrected chi connectivity index (χ3v) is 1.62. The second-order valence-corrected chi connectivity index (χ2v) is 2.66. The Labute approximate surface area is 132 Å². The van der Waals surface area contributed by atoms with Gasteiger partial charge in [-0.1, -0.05) is 0 Å². The fourth-order valence-corrected chi connectivity index (χ4v) is 0.753. The third kappa shape index (κ3) is 5.72. The zero-order valence-corrected chi connectivity index (χ0v) is 7.42. The molecule has 90 valence electrons. The molecule has 0 rings (SSSR count). The predicted octanol–water partition coefficient (Wildman–Crippen LogP) is -4.00. The number of carbonyl (C=O) groups excluding carboxylic acids is 1. The van der Waals surface area contributed by atoms with Crippen molar-refractivity contribution in [3.05, 3.63) is 4.91 Å². The number of hydrogen-bond acceptors (Lipinski definition) is 9. The van der Waals surface area contributed by atoms with E-state index in [4.69, 9.17) is 25.5 Å². The minimum absolute atomic E-state index is 0. The number of carbonyl (C=O) groups is 1. The molecule has 9 nitrogen and oxygen atoms in total. The Morgan fingerprint density at radius 2 is 1.69 bits per heavy atom. The zero-order valence-electron chi connectivity index (χ0n) is 7.42. The Hall–Kier alpha value is 0.506. The molecular weight excluding hydrogens is 253 g/mol. The number of aliphatic hydroxyl groups is 5. The van der Waals surface area contributed by atoms with E-state index in [0.717, 1.165) is 0 Å². The summed E-state index contributed by atoms with van der Waals surface area (Å²) in [5.74, 6) is -1.58. The number of rotatable bonds is 6. The topological polar surface area (TPSA) is 157 Å². The van der Waals surface area contributed by atoms with Crippen LogP contribution in [0.3, 0.4) is 0 Å². The average Bonchev–Trinajstić information content (AvgIpc) is 2.25. The Morgan fingerprint density at radius 1 is 1.19 bits per heavy atom. The molecule has 0 radical (unpaired) electrons. The minimum atomic E-state index is -2.25. The predicted molar refractivity (Wildman–Crippen MR) is 50.1 cm³/mol. The van der Waals surface area contributed by atoms with Crippen LogP contribution in [0.2, 0.25) is 0 Å². The molecule has 0 unspecified atom stereocenters. The van der Waals surface area contributed by atoms with Gasteiger partial charge in [-0.2, -0.15) is 0 Å². The maximum atomic E-state index is 10.6. The summed E-state index contributed by atoms with van der Waals surface area (Å²) < 4.78 is 0. The van der Waals surface area contributed by atoms with Gasteiger partial charge in [0, 0.05) is 0 Å². The first-order valence-electron chi connectivity index (χ1n) is 3.82. The Morgan fingerprint density at radius 3 is 2.06 bits per heavy atom. The van der Waals surface area contributed by atoms with Gasteiger partial charge >= 0.3 is 57.4 Å². The van der Waals surface area contributed by atoms with Gasteiger partial charge in [-0.15, -0.1) is 4.91 Å². The molecule has 0 amide bonds. The van der Waals surface area contributed by atoms with Gasteiger partial charge in [-0.25, -0.2) is 4.79 Å². The van der Waals surface area contributed by atoms with Crippen LogP contribution in [0.1, 0.15) is 0 Å². The summed E-state index contributed by atoms with van der Waals surface area (Å²) in [6, 6.07) is 0. The molecule has 0 aliphatic heterocycles. The number of hydrogen-bond donors (Lipinski definition) is 5. The van der Waals surface area contributed by atoms with E-state index < -0.39 is 37.0 Å². The summed E-state index contributed by atoms with van der Waals surface area (Å²) in [7, 11) is 0. The summed E-state index contributed by atoms with van der Waals surface area (Å²) in [6.45, 7) is -0.883. The molecular formula is C6H12KNO8. The van der Waals surface area contributed by atoms with Crippen LogP contribution in [-0.2, 0) is 9.63 Å². The van der Waals surface area contributed by atoms with Crippen LogP contribution in [0.25, 0.3) is 0 Å².